The molecule has 0 radical (unpaired) electrons. The Morgan fingerprint density at radius 3 is 2.43 bits per heavy atom. The zero-order valence-electron chi connectivity index (χ0n) is 14.7. The number of fused-ring (bicyclic) bond motifs is 2. The standard InChI is InChI=1S/C20H15ClN2O4S/c1-23(14-8-6-13(21)7-9-14)28(25,26)15-10-11-18-16(12-15)20(24)22-17-4-2-3-5-19(17)27-18/h2-12H,1H3,(H,22,24). The van der Waals surface area contributed by atoms with Crippen LogP contribution in [0.25, 0.3) is 0 Å². The van der Waals surface area contributed by atoms with E-state index in [1.54, 1.807) is 48.5 Å². The second-order valence-corrected chi connectivity index (χ2v) is 8.56. The lowest BCUT2D eigenvalue weighted by atomic mass is 10.2. The molecule has 6 nitrogen and oxygen atoms in total. The molecule has 1 N–H and O–H groups in total. The van der Waals surface area contributed by atoms with Gasteiger partial charge in [0, 0.05) is 12.1 Å². The van der Waals surface area contributed by atoms with Crippen molar-refractivity contribution in [2.24, 2.45) is 0 Å². The van der Waals surface area contributed by atoms with Gasteiger partial charge in [-0.15, -0.1) is 0 Å². The van der Waals surface area contributed by atoms with E-state index in [4.69, 9.17) is 16.3 Å². The Bertz CT molecular complexity index is 1180. The highest BCUT2D eigenvalue weighted by molar-refractivity contribution is 7.92. The fraction of sp³-hybridized carbons (Fsp3) is 0.0500. The molecule has 0 aliphatic carbocycles. The third-order valence-corrected chi connectivity index (χ3v) is 6.43. The second kappa shape index (κ2) is 6.85. The van der Waals surface area contributed by atoms with E-state index >= 15 is 0 Å². The molecule has 8 heteroatoms. The summed E-state index contributed by atoms with van der Waals surface area (Å²) >= 11 is 5.87. The number of hydrogen-bond acceptors (Lipinski definition) is 4. The van der Waals surface area contributed by atoms with E-state index in [1.807, 2.05) is 0 Å². The van der Waals surface area contributed by atoms with E-state index < -0.39 is 15.9 Å². The van der Waals surface area contributed by atoms with Crippen LogP contribution in [0.15, 0.2) is 71.6 Å². The molecule has 0 bridgehead atoms. The van der Waals surface area contributed by atoms with Crippen molar-refractivity contribution in [3.8, 4) is 11.5 Å². The lowest BCUT2D eigenvalue weighted by Crippen LogP contribution is -2.26. The first-order chi connectivity index (χ1) is 13.4. The molecule has 1 amide bonds. The summed E-state index contributed by atoms with van der Waals surface area (Å²) in [4.78, 5) is 12.6. The molecular formula is C20H15ClN2O4S. The monoisotopic (exact) mass is 414 g/mol. The average molecular weight is 415 g/mol. The van der Waals surface area contributed by atoms with Gasteiger partial charge in [0.25, 0.3) is 15.9 Å². The molecule has 0 saturated carbocycles. The maximum Gasteiger partial charge on any atom is 0.264 e. The molecule has 0 aromatic heterocycles. The van der Waals surface area contributed by atoms with Crippen LogP contribution in [0, 0.1) is 0 Å². The highest BCUT2D eigenvalue weighted by Gasteiger charge is 2.26. The molecule has 0 unspecified atom stereocenters. The summed E-state index contributed by atoms with van der Waals surface area (Å²) in [6.07, 6.45) is 0. The topological polar surface area (TPSA) is 75.7 Å². The molecule has 28 heavy (non-hydrogen) atoms. The van der Waals surface area contributed by atoms with E-state index in [9.17, 15) is 13.2 Å². The molecule has 3 aromatic rings. The first-order valence-electron chi connectivity index (χ1n) is 8.33. The first-order valence-corrected chi connectivity index (χ1v) is 10.1. The number of rotatable bonds is 3. The fourth-order valence-corrected chi connectivity index (χ4v) is 4.20. The number of nitrogens with zero attached hydrogens (tertiary/aromatic N) is 1. The van der Waals surface area contributed by atoms with Crippen molar-refractivity contribution >= 4 is 38.9 Å². The van der Waals surface area contributed by atoms with Crippen molar-refractivity contribution in [2.75, 3.05) is 16.7 Å². The predicted molar refractivity (Wildman–Crippen MR) is 108 cm³/mol. The minimum absolute atomic E-state index is 0.0200. The molecule has 0 atom stereocenters. The third kappa shape index (κ3) is 3.19. The minimum atomic E-state index is -3.89. The van der Waals surface area contributed by atoms with E-state index in [1.165, 1.54) is 25.2 Å². The summed E-state index contributed by atoms with van der Waals surface area (Å²) in [6.45, 7) is 0. The number of anilines is 2. The number of benzene rings is 3. The Balaban J connectivity index is 1.73. The van der Waals surface area contributed by atoms with E-state index in [2.05, 4.69) is 5.32 Å². The Kier molecular flexibility index (Phi) is 4.49. The number of halogens is 1. The van der Waals surface area contributed by atoms with Gasteiger partial charge in [0.15, 0.2) is 5.75 Å². The molecule has 3 aromatic carbocycles. The summed E-state index contributed by atoms with van der Waals surface area (Å²) in [7, 11) is -2.45. The van der Waals surface area contributed by atoms with Crippen LogP contribution in [0.1, 0.15) is 10.4 Å². The van der Waals surface area contributed by atoms with Gasteiger partial charge in [0.1, 0.15) is 5.75 Å². The van der Waals surface area contributed by atoms with Gasteiger partial charge >= 0.3 is 0 Å². The Labute approximate surface area is 167 Å². The minimum Gasteiger partial charge on any atom is -0.454 e. The summed E-state index contributed by atoms with van der Waals surface area (Å²) in [5, 5.41) is 3.24. The molecule has 0 saturated heterocycles. The molecule has 142 valence electrons. The fourth-order valence-electron chi connectivity index (χ4n) is 2.85. The molecule has 1 aliphatic rings. The van der Waals surface area contributed by atoms with Gasteiger partial charge in [-0.3, -0.25) is 9.10 Å². The number of ether oxygens (including phenoxy) is 1. The van der Waals surface area contributed by atoms with E-state index in [0.717, 1.165) is 4.31 Å². The lowest BCUT2D eigenvalue weighted by molar-refractivity contribution is 0.102. The normalized spacial score (nSPS) is 12.9. The first kappa shape index (κ1) is 18.3. The van der Waals surface area contributed by atoms with Gasteiger partial charge in [-0.1, -0.05) is 23.7 Å². The molecular weight excluding hydrogens is 400 g/mol. The molecule has 0 spiro atoms. The van der Waals surface area contributed by atoms with Crippen molar-refractivity contribution in [3.63, 3.8) is 0 Å². The summed E-state index contributed by atoms with van der Waals surface area (Å²) in [5.41, 5.74) is 1.11. The van der Waals surface area contributed by atoms with Gasteiger partial charge < -0.3 is 10.1 Å². The molecule has 1 aliphatic heterocycles. The number of hydrogen-bond donors (Lipinski definition) is 1. The lowest BCUT2D eigenvalue weighted by Gasteiger charge is -2.20. The van der Waals surface area contributed by atoms with Crippen LogP contribution in [0.5, 0.6) is 11.5 Å². The second-order valence-electron chi connectivity index (χ2n) is 6.16. The summed E-state index contributed by atoms with van der Waals surface area (Å²) in [6, 6.07) is 17.7. The number of carbonyl (C=O) groups is 1. The highest BCUT2D eigenvalue weighted by Crippen LogP contribution is 2.36. The highest BCUT2D eigenvalue weighted by atomic mass is 35.5. The number of amides is 1. The maximum atomic E-state index is 13.0. The predicted octanol–water partition coefficient (Wildman–Crippen LogP) is 4.52. The maximum absolute atomic E-state index is 13.0. The van der Waals surface area contributed by atoms with Crippen LogP contribution >= 0.6 is 11.6 Å². The number of nitrogens with one attached hydrogen (secondary N) is 1. The largest absolute Gasteiger partial charge is 0.454 e. The third-order valence-electron chi connectivity index (χ3n) is 4.40. The van der Waals surface area contributed by atoms with Gasteiger partial charge in [0.05, 0.1) is 21.8 Å². The number of para-hydroxylation sites is 2. The summed E-state index contributed by atoms with van der Waals surface area (Å²) in [5.74, 6) is 0.338. The zero-order valence-corrected chi connectivity index (χ0v) is 16.3. The quantitative estimate of drug-likeness (QED) is 0.683. The van der Waals surface area contributed by atoms with E-state index in [0.29, 0.717) is 22.1 Å². The van der Waals surface area contributed by atoms with Crippen molar-refractivity contribution in [1.82, 2.24) is 0 Å². The van der Waals surface area contributed by atoms with Crippen molar-refractivity contribution < 1.29 is 17.9 Å². The number of carbonyl (C=O) groups excluding carboxylic acids is 1. The smallest absolute Gasteiger partial charge is 0.264 e. The molecule has 0 fully saturated rings. The van der Waals surface area contributed by atoms with Crippen LogP contribution in [0.4, 0.5) is 11.4 Å². The van der Waals surface area contributed by atoms with E-state index in [-0.39, 0.29) is 16.2 Å². The van der Waals surface area contributed by atoms with Crippen LogP contribution in [-0.4, -0.2) is 21.4 Å². The molecule has 1 heterocycles. The average Bonchev–Trinajstić information content (AvgIpc) is 2.83. The molecule has 4 rings (SSSR count). The van der Waals surface area contributed by atoms with Gasteiger partial charge in [-0.05, 0) is 54.6 Å². The Hall–Kier alpha value is -3.03. The SMILES string of the molecule is CN(c1ccc(Cl)cc1)S(=O)(=O)c1ccc2c(c1)C(=O)Nc1ccccc1O2. The van der Waals surface area contributed by atoms with Crippen LogP contribution < -0.4 is 14.4 Å². The van der Waals surface area contributed by atoms with Crippen LogP contribution in [0.2, 0.25) is 5.02 Å². The van der Waals surface area contributed by atoms with Gasteiger partial charge in [-0.25, -0.2) is 8.42 Å². The van der Waals surface area contributed by atoms with Gasteiger partial charge in [-0.2, -0.15) is 0 Å². The van der Waals surface area contributed by atoms with Gasteiger partial charge in [0.2, 0.25) is 0 Å². The van der Waals surface area contributed by atoms with Crippen molar-refractivity contribution in [1.29, 1.82) is 0 Å². The summed E-state index contributed by atoms with van der Waals surface area (Å²) < 4.78 is 33.0. The van der Waals surface area contributed by atoms with Crippen molar-refractivity contribution in [2.45, 2.75) is 4.90 Å². The Morgan fingerprint density at radius 2 is 1.68 bits per heavy atom. The number of sulfonamides is 1. The van der Waals surface area contributed by atoms with Crippen molar-refractivity contribution in [3.05, 3.63) is 77.3 Å². The van der Waals surface area contributed by atoms with Crippen LogP contribution in [0.3, 0.4) is 0 Å². The zero-order chi connectivity index (χ0) is 19.9. The van der Waals surface area contributed by atoms with Crippen LogP contribution in [-0.2, 0) is 10.0 Å². The Morgan fingerprint density at radius 1 is 0.964 bits per heavy atom.